The Morgan fingerprint density at radius 3 is 2.63 bits per heavy atom. The molecule has 0 radical (unpaired) electrons. The van der Waals surface area contributed by atoms with Gasteiger partial charge in [-0.05, 0) is 74.3 Å². The fourth-order valence-electron chi connectivity index (χ4n) is 4.24. The van der Waals surface area contributed by atoms with Gasteiger partial charge >= 0.3 is 0 Å². The first kappa shape index (κ1) is 21.0. The smallest absolute Gasteiger partial charge is 0.256 e. The van der Waals surface area contributed by atoms with Crippen LogP contribution in [-0.4, -0.2) is 31.7 Å². The Morgan fingerprint density at radius 1 is 1.20 bits per heavy atom. The highest BCUT2D eigenvalue weighted by molar-refractivity contribution is 7.89. The highest BCUT2D eigenvalue weighted by atomic mass is 32.2. The summed E-state index contributed by atoms with van der Waals surface area (Å²) in [4.78, 5) is 14.1. The van der Waals surface area contributed by atoms with Gasteiger partial charge in [-0.15, -0.1) is 11.3 Å². The number of anilines is 1. The molecule has 30 heavy (non-hydrogen) atoms. The summed E-state index contributed by atoms with van der Waals surface area (Å²) in [5.41, 5.74) is 2.01. The number of nitrogens with zero attached hydrogens (tertiary/aromatic N) is 2. The Kier molecular flexibility index (Phi) is 5.96. The van der Waals surface area contributed by atoms with Gasteiger partial charge in [0.25, 0.3) is 5.91 Å². The number of carbonyl (C=O) groups excluding carboxylic acids is 1. The maximum absolute atomic E-state index is 12.9. The van der Waals surface area contributed by atoms with Crippen LogP contribution in [0, 0.1) is 17.2 Å². The molecule has 1 atom stereocenters. The molecule has 1 N–H and O–H groups in total. The second-order valence-electron chi connectivity index (χ2n) is 8.12. The van der Waals surface area contributed by atoms with E-state index >= 15 is 0 Å². The Hall–Kier alpha value is -2.21. The lowest BCUT2D eigenvalue weighted by Gasteiger charge is -2.30. The molecule has 1 aromatic carbocycles. The number of benzene rings is 1. The van der Waals surface area contributed by atoms with E-state index in [1.54, 1.807) is 0 Å². The fourth-order valence-corrected chi connectivity index (χ4v) is 7.07. The van der Waals surface area contributed by atoms with Crippen LogP contribution in [0.15, 0.2) is 29.2 Å². The van der Waals surface area contributed by atoms with Crippen LogP contribution in [0.4, 0.5) is 5.00 Å². The SMILES string of the molecule is CC1CCCN(S(=O)(=O)c2ccc(C(=O)Nc3sc4c(c3C#N)CCCC4)cc2)C1. The molecular formula is C22H25N3O3S2. The molecule has 2 heterocycles. The van der Waals surface area contributed by atoms with E-state index in [9.17, 15) is 18.5 Å². The minimum Gasteiger partial charge on any atom is -0.312 e. The lowest BCUT2D eigenvalue weighted by Crippen LogP contribution is -2.39. The first-order chi connectivity index (χ1) is 14.4. The highest BCUT2D eigenvalue weighted by Gasteiger charge is 2.29. The van der Waals surface area contributed by atoms with E-state index in [0.717, 1.165) is 44.1 Å². The van der Waals surface area contributed by atoms with Gasteiger partial charge in [-0.25, -0.2) is 8.42 Å². The summed E-state index contributed by atoms with van der Waals surface area (Å²) < 4.78 is 27.3. The maximum Gasteiger partial charge on any atom is 0.256 e. The first-order valence-corrected chi connectivity index (χ1v) is 12.6. The molecule has 158 valence electrons. The normalized spacial score (nSPS) is 19.7. The van der Waals surface area contributed by atoms with E-state index < -0.39 is 10.0 Å². The molecule has 1 aliphatic heterocycles. The van der Waals surface area contributed by atoms with Crippen LogP contribution in [0.25, 0.3) is 0 Å². The predicted octanol–water partition coefficient (Wildman–Crippen LogP) is 4.17. The fraction of sp³-hybridized carbons (Fsp3) is 0.455. The molecular weight excluding hydrogens is 418 g/mol. The van der Waals surface area contributed by atoms with Crippen molar-refractivity contribution < 1.29 is 13.2 Å². The zero-order chi connectivity index (χ0) is 21.3. The zero-order valence-electron chi connectivity index (χ0n) is 17.0. The van der Waals surface area contributed by atoms with Crippen molar-refractivity contribution >= 4 is 32.3 Å². The Labute approximate surface area is 181 Å². The molecule has 2 aliphatic rings. The van der Waals surface area contributed by atoms with Gasteiger partial charge in [-0.2, -0.15) is 9.57 Å². The molecule has 0 saturated carbocycles. The van der Waals surface area contributed by atoms with Crippen LogP contribution in [-0.2, 0) is 22.9 Å². The van der Waals surface area contributed by atoms with Crippen LogP contribution < -0.4 is 5.32 Å². The second-order valence-corrected chi connectivity index (χ2v) is 11.2. The number of aryl methyl sites for hydroxylation is 1. The number of fused-ring (bicyclic) bond motifs is 1. The molecule has 6 nitrogen and oxygen atoms in total. The molecule has 0 spiro atoms. The van der Waals surface area contributed by atoms with E-state index in [2.05, 4.69) is 18.3 Å². The number of piperidine rings is 1. The van der Waals surface area contributed by atoms with Gasteiger partial charge in [0.2, 0.25) is 10.0 Å². The monoisotopic (exact) mass is 443 g/mol. The van der Waals surface area contributed by atoms with Crippen molar-refractivity contribution in [2.45, 2.75) is 50.3 Å². The van der Waals surface area contributed by atoms with Crippen LogP contribution >= 0.6 is 11.3 Å². The van der Waals surface area contributed by atoms with E-state index in [4.69, 9.17) is 0 Å². The lowest BCUT2D eigenvalue weighted by atomic mass is 9.96. The number of amides is 1. The van der Waals surface area contributed by atoms with Crippen molar-refractivity contribution in [2.75, 3.05) is 18.4 Å². The number of hydrogen-bond acceptors (Lipinski definition) is 5. The molecule has 1 unspecified atom stereocenters. The minimum absolute atomic E-state index is 0.206. The molecule has 8 heteroatoms. The molecule has 1 aliphatic carbocycles. The number of carbonyl (C=O) groups is 1. The van der Waals surface area contributed by atoms with E-state index in [0.29, 0.717) is 35.1 Å². The minimum atomic E-state index is -3.55. The summed E-state index contributed by atoms with van der Waals surface area (Å²) in [5, 5.41) is 13.0. The van der Waals surface area contributed by atoms with Gasteiger partial charge in [0.1, 0.15) is 11.1 Å². The molecule has 0 bridgehead atoms. The van der Waals surface area contributed by atoms with Gasteiger partial charge in [-0.1, -0.05) is 6.92 Å². The summed E-state index contributed by atoms with van der Waals surface area (Å²) in [7, 11) is -3.55. The van der Waals surface area contributed by atoms with Crippen LogP contribution in [0.1, 0.15) is 59.0 Å². The third kappa shape index (κ3) is 4.02. The third-order valence-corrected chi connectivity index (χ3v) is 8.97. The summed E-state index contributed by atoms with van der Waals surface area (Å²) >= 11 is 1.48. The second kappa shape index (κ2) is 8.50. The van der Waals surface area contributed by atoms with Gasteiger partial charge < -0.3 is 5.32 Å². The topological polar surface area (TPSA) is 90.3 Å². The first-order valence-electron chi connectivity index (χ1n) is 10.4. The quantitative estimate of drug-likeness (QED) is 0.768. The number of thiophene rings is 1. The van der Waals surface area contributed by atoms with Crippen molar-refractivity contribution in [1.82, 2.24) is 4.31 Å². The number of rotatable bonds is 4. The van der Waals surface area contributed by atoms with Crippen molar-refractivity contribution in [3.05, 3.63) is 45.8 Å². The number of nitrogens with one attached hydrogen (secondary N) is 1. The Balaban J connectivity index is 1.51. The largest absolute Gasteiger partial charge is 0.312 e. The summed E-state index contributed by atoms with van der Waals surface area (Å²) in [6.07, 6.45) is 5.92. The van der Waals surface area contributed by atoms with E-state index in [1.807, 2.05) is 0 Å². The van der Waals surface area contributed by atoms with Gasteiger partial charge in [0.15, 0.2) is 0 Å². The number of sulfonamides is 1. The summed E-state index contributed by atoms with van der Waals surface area (Å²) in [6, 6.07) is 8.30. The number of hydrogen-bond donors (Lipinski definition) is 1. The summed E-state index contributed by atoms with van der Waals surface area (Å²) in [6.45, 7) is 3.13. The van der Waals surface area contributed by atoms with Crippen molar-refractivity contribution in [2.24, 2.45) is 5.92 Å². The number of nitriles is 1. The average molecular weight is 444 g/mol. The van der Waals surface area contributed by atoms with Crippen molar-refractivity contribution in [3.8, 4) is 6.07 Å². The Bertz CT molecular complexity index is 1100. The zero-order valence-corrected chi connectivity index (χ0v) is 18.6. The van der Waals surface area contributed by atoms with E-state index in [1.165, 1.54) is 44.8 Å². The molecule has 1 aromatic heterocycles. The van der Waals surface area contributed by atoms with Crippen LogP contribution in [0.3, 0.4) is 0 Å². The standard InChI is InChI=1S/C22H25N3O3S2/c1-15-5-4-12-25(14-15)30(27,28)17-10-8-16(9-11-17)21(26)24-22-19(13-23)18-6-2-3-7-20(18)29-22/h8-11,15H,2-7,12,14H2,1H3,(H,24,26). The average Bonchev–Trinajstić information content (AvgIpc) is 3.10. The van der Waals surface area contributed by atoms with Gasteiger partial charge in [0, 0.05) is 23.5 Å². The summed E-state index contributed by atoms with van der Waals surface area (Å²) in [5.74, 6) is 0.0187. The predicted molar refractivity (Wildman–Crippen MR) is 117 cm³/mol. The molecule has 1 saturated heterocycles. The van der Waals surface area contributed by atoms with Gasteiger partial charge in [0.05, 0.1) is 10.5 Å². The molecule has 1 fully saturated rings. The highest BCUT2D eigenvalue weighted by Crippen LogP contribution is 2.37. The van der Waals surface area contributed by atoms with Crippen molar-refractivity contribution in [1.29, 1.82) is 5.26 Å². The molecule has 1 amide bonds. The maximum atomic E-state index is 12.9. The van der Waals surface area contributed by atoms with E-state index in [-0.39, 0.29) is 10.8 Å². The van der Waals surface area contributed by atoms with Crippen LogP contribution in [0.5, 0.6) is 0 Å². The van der Waals surface area contributed by atoms with Crippen molar-refractivity contribution in [3.63, 3.8) is 0 Å². The Morgan fingerprint density at radius 2 is 1.93 bits per heavy atom. The molecule has 4 rings (SSSR count). The third-order valence-electron chi connectivity index (χ3n) is 5.88. The van der Waals surface area contributed by atoms with Gasteiger partial charge in [-0.3, -0.25) is 4.79 Å². The molecule has 2 aromatic rings. The lowest BCUT2D eigenvalue weighted by molar-refractivity contribution is 0.102. The van der Waals surface area contributed by atoms with Crippen LogP contribution in [0.2, 0.25) is 0 Å².